The molecule has 0 saturated carbocycles. The second-order valence-corrected chi connectivity index (χ2v) is 25.6. The Morgan fingerprint density at radius 3 is 1.51 bits per heavy atom. The number of aliphatic hydroxyl groups excluding tert-OH is 10. The smallest absolute Gasteiger partial charge is 0.305 e. The van der Waals surface area contributed by atoms with Crippen molar-refractivity contribution in [3.05, 3.63) is 0 Å². The molecule has 0 radical (unpaired) electrons. The first-order valence-electron chi connectivity index (χ1n) is 30.7. The Kier molecular flexibility index (Phi) is 37.2. The van der Waals surface area contributed by atoms with Gasteiger partial charge in [0.2, 0.25) is 5.79 Å². The average Bonchev–Trinajstić information content (AvgIpc) is 1.69. The van der Waals surface area contributed by atoms with Crippen LogP contribution in [0.25, 0.3) is 0 Å². The lowest BCUT2D eigenvalue weighted by molar-refractivity contribution is -0.362. The normalized spacial score (nSPS) is 36.9. The van der Waals surface area contributed by atoms with Crippen molar-refractivity contribution in [3.63, 3.8) is 0 Å². The van der Waals surface area contributed by atoms with Gasteiger partial charge in [0.1, 0.15) is 87.0 Å². The van der Waals surface area contributed by atoms with E-state index in [1.54, 1.807) is 20.8 Å². The van der Waals surface area contributed by atoms with Gasteiger partial charge in [-0.3, -0.25) is 23.9 Å². The predicted octanol–water partition coefficient (Wildman–Crippen LogP) is 2.02. The van der Waals surface area contributed by atoms with Gasteiger partial charge in [0.05, 0.1) is 60.9 Å². The molecule has 27 atom stereocenters. The molecule has 0 bridgehead atoms. The Hall–Kier alpha value is -1.50. The number of alkyl halides is 5. The number of ether oxygens (including phenoxy) is 13. The van der Waals surface area contributed by atoms with Crippen LogP contribution in [0.15, 0.2) is 0 Å². The Morgan fingerprint density at radius 1 is 0.582 bits per heavy atom. The topological polar surface area (TPSA) is 391 Å². The molecule has 0 aromatic carbocycles. The standard InChI is InChI=1S/C33H56Cl2O12.C25H41Cl3O15.FH/c1-8-33(31(39)20(5)23(14-34)46-33)47-32-28(38)21(6)27(35)24(45-32)17-43-26(37)13-11-10-12-25(36)42-16-18(3)29(40-9-2)30-19(4)15-41-22(7)44-30;1-11-14(6-26)42-25(10-27,23(11)38)43-24-22(37)21(36)18(28)15(41-24)9-40-17(33)5-3-2-4-16(32)39-8-13(31)20(35)19(34)12(30)7-29;/h18-24,27-32,38-39H,8-17H2,1-7H3;11-15,18-24,29-31,34-38H,2-10H2,1H3;1H/t18-,19-,20?,21-,22+,23+,24?,27+,28?,29?,30?,31+,32+,33-;11?,12-,13-,14-,15?,18+,19-,20-,21+,22?,23?,24-,25+;/m01./s1. The molecule has 0 spiro atoms. The lowest BCUT2D eigenvalue weighted by atomic mass is 9.91. The van der Waals surface area contributed by atoms with Crippen LogP contribution in [0.2, 0.25) is 0 Å². The third kappa shape index (κ3) is 23.3. The zero-order chi connectivity index (χ0) is 67.4. The lowest BCUT2D eigenvalue weighted by Gasteiger charge is -2.44. The third-order valence-electron chi connectivity index (χ3n) is 16.8. The van der Waals surface area contributed by atoms with E-state index in [4.69, 9.17) is 125 Å². The fourth-order valence-electron chi connectivity index (χ4n) is 10.8. The summed E-state index contributed by atoms with van der Waals surface area (Å²) in [5.74, 6) is -6.75. The minimum atomic E-state index is -1.87. The Labute approximate surface area is 555 Å². The first-order chi connectivity index (χ1) is 42.5. The van der Waals surface area contributed by atoms with Gasteiger partial charge in [-0.15, -0.1) is 58.0 Å². The maximum Gasteiger partial charge on any atom is 0.305 e. The van der Waals surface area contributed by atoms with Gasteiger partial charge >= 0.3 is 23.9 Å². The van der Waals surface area contributed by atoms with Crippen LogP contribution in [0, 0.1) is 29.6 Å². The summed E-state index contributed by atoms with van der Waals surface area (Å²) >= 11 is 30.7. The van der Waals surface area contributed by atoms with Gasteiger partial charge in [-0.25, -0.2) is 0 Å². The van der Waals surface area contributed by atoms with Crippen LogP contribution in [-0.2, 0) is 80.8 Å². The second kappa shape index (κ2) is 40.4. The summed E-state index contributed by atoms with van der Waals surface area (Å²) in [4.78, 5) is 49.1. The molecule has 27 nitrogen and oxygen atoms in total. The van der Waals surface area contributed by atoms with Crippen molar-refractivity contribution in [1.82, 2.24) is 0 Å². The lowest BCUT2D eigenvalue weighted by Crippen LogP contribution is -2.61. The Bertz CT molecular complexity index is 2140. The van der Waals surface area contributed by atoms with E-state index in [-0.39, 0.29) is 116 Å². The number of esters is 4. The van der Waals surface area contributed by atoms with E-state index in [1.807, 2.05) is 27.7 Å². The summed E-state index contributed by atoms with van der Waals surface area (Å²) in [6, 6.07) is 0. The largest absolute Gasteiger partial charge is 0.465 e. The zero-order valence-electron chi connectivity index (χ0n) is 52.6. The number of halogens is 6. The van der Waals surface area contributed by atoms with Crippen LogP contribution in [0.4, 0.5) is 4.70 Å². The fraction of sp³-hybridized carbons (Fsp3) is 0.931. The van der Waals surface area contributed by atoms with E-state index in [1.165, 1.54) is 0 Å². The molecule has 5 saturated heterocycles. The molecule has 5 aliphatic heterocycles. The highest BCUT2D eigenvalue weighted by Crippen LogP contribution is 2.44. The predicted molar refractivity (Wildman–Crippen MR) is 322 cm³/mol. The van der Waals surface area contributed by atoms with E-state index in [2.05, 4.69) is 6.92 Å². The minimum absolute atomic E-state index is 0. The monoisotopic (exact) mass is 1420 g/mol. The van der Waals surface area contributed by atoms with Gasteiger partial charge in [0.15, 0.2) is 24.7 Å². The van der Waals surface area contributed by atoms with Crippen molar-refractivity contribution in [1.29, 1.82) is 0 Å². The van der Waals surface area contributed by atoms with Crippen LogP contribution in [-0.4, -0.2) is 272 Å². The van der Waals surface area contributed by atoms with Crippen molar-refractivity contribution in [2.24, 2.45) is 29.6 Å². The van der Waals surface area contributed by atoms with Gasteiger partial charge in [0.25, 0.3) is 0 Å². The molecule has 33 heteroatoms. The summed E-state index contributed by atoms with van der Waals surface area (Å²) < 4.78 is 73.7. The van der Waals surface area contributed by atoms with Gasteiger partial charge in [-0.05, 0) is 39.5 Å². The van der Waals surface area contributed by atoms with Crippen LogP contribution in [0.5, 0.6) is 0 Å². The van der Waals surface area contributed by atoms with Crippen LogP contribution >= 0.6 is 58.0 Å². The number of aliphatic hydroxyl groups is 10. The first kappa shape index (κ1) is 83.7. The highest BCUT2D eigenvalue weighted by Gasteiger charge is 2.58. The maximum absolute atomic E-state index is 12.5. The highest BCUT2D eigenvalue weighted by atomic mass is 35.5. The highest BCUT2D eigenvalue weighted by molar-refractivity contribution is 6.22. The Balaban J connectivity index is 0.000000472. The average molecular weight is 1420 g/mol. The Morgan fingerprint density at radius 2 is 1.03 bits per heavy atom. The van der Waals surface area contributed by atoms with Crippen LogP contribution in [0.1, 0.15) is 113 Å². The summed E-state index contributed by atoms with van der Waals surface area (Å²) in [5, 5.41) is 98.7. The summed E-state index contributed by atoms with van der Waals surface area (Å²) in [6.07, 6.45) is -18.5. The third-order valence-corrected chi connectivity index (χ3v) is 19.0. The number of carbonyl (C=O) groups excluding carboxylic acids is 4. The molecule has 9 unspecified atom stereocenters. The number of unbranched alkanes of at least 4 members (excludes halogenated alkanes) is 2. The number of carbonyl (C=O) groups is 4. The van der Waals surface area contributed by atoms with Crippen molar-refractivity contribution < 1.29 is 137 Å². The van der Waals surface area contributed by atoms with Crippen molar-refractivity contribution in [2.45, 2.75) is 246 Å². The van der Waals surface area contributed by atoms with E-state index in [9.17, 15) is 65.1 Å². The molecule has 5 fully saturated rings. The quantitative estimate of drug-likeness (QED) is 0.0191. The van der Waals surface area contributed by atoms with E-state index >= 15 is 0 Å². The van der Waals surface area contributed by atoms with E-state index in [0.717, 1.165) is 0 Å². The van der Waals surface area contributed by atoms with Crippen LogP contribution in [0.3, 0.4) is 0 Å². The van der Waals surface area contributed by atoms with E-state index in [0.29, 0.717) is 32.5 Å². The summed E-state index contributed by atoms with van der Waals surface area (Å²) in [5.41, 5.74) is 0. The second-order valence-electron chi connectivity index (χ2n) is 23.7. The molecule has 5 aliphatic rings. The van der Waals surface area contributed by atoms with Gasteiger partial charge in [-0.1, -0.05) is 41.5 Å². The number of rotatable bonds is 34. The molecular formula is C58H98Cl5FO27. The van der Waals surface area contributed by atoms with Crippen molar-refractivity contribution in [2.75, 3.05) is 63.9 Å². The summed E-state index contributed by atoms with van der Waals surface area (Å²) in [6.45, 7) is 14.1. The van der Waals surface area contributed by atoms with E-state index < -0.39 is 164 Å². The minimum Gasteiger partial charge on any atom is -0.465 e. The molecule has 534 valence electrons. The molecule has 0 aromatic heterocycles. The number of hydrogen-bond donors (Lipinski definition) is 10. The molecule has 0 amide bonds. The molecule has 0 aliphatic carbocycles. The van der Waals surface area contributed by atoms with Gasteiger partial charge in [0, 0.05) is 80.1 Å². The van der Waals surface area contributed by atoms with Gasteiger partial charge in [-0.2, -0.15) is 0 Å². The summed E-state index contributed by atoms with van der Waals surface area (Å²) in [7, 11) is 0. The molecule has 10 N–H and O–H groups in total. The number of hydrogen-bond acceptors (Lipinski definition) is 27. The zero-order valence-corrected chi connectivity index (χ0v) is 56.4. The molecule has 91 heavy (non-hydrogen) atoms. The maximum atomic E-state index is 12.5. The van der Waals surface area contributed by atoms with Gasteiger partial charge < -0.3 is 113 Å². The van der Waals surface area contributed by atoms with Crippen molar-refractivity contribution in [3.8, 4) is 0 Å². The van der Waals surface area contributed by atoms with Crippen molar-refractivity contribution >= 4 is 81.9 Å². The fourth-order valence-corrected chi connectivity index (χ4v) is 12.3. The molecule has 0 aromatic rings. The SMILES string of the molecule is CC1C(O)[C@](CCl)(O[C@H]2OC(COC(=O)CCCCC(=O)OC[C@@H](O)[C@@H](O)[C@H](O)[C@H](O)CO)[C@H](Cl)[C@H](O)C2O)O[C@@H]1CCl.CCOC(C1O[C@H](C)OC[C@@H]1C)[C@@H](C)COC(=O)CCCCC(=O)OCC1O[C@H](O[C@]2(CC)O[C@H](CCl)C(C)[C@H]2O)C(O)[C@@H](C)[C@H]1Cl.F. The van der Waals surface area contributed by atoms with Crippen LogP contribution < -0.4 is 0 Å². The molecular weight excluding hydrogens is 1320 g/mol. The molecule has 5 rings (SSSR count). The first-order valence-corrected chi connectivity index (χ1v) is 33.2. The molecule has 5 heterocycles.